The van der Waals surface area contributed by atoms with Crippen LogP contribution in [0.2, 0.25) is 10.0 Å². The molecule has 0 aliphatic carbocycles. The van der Waals surface area contributed by atoms with E-state index in [1.54, 1.807) is 17.1 Å². The van der Waals surface area contributed by atoms with Crippen LogP contribution in [0.5, 0.6) is 0 Å². The van der Waals surface area contributed by atoms with Crippen LogP contribution in [0.1, 0.15) is 6.42 Å². The van der Waals surface area contributed by atoms with Crippen molar-refractivity contribution in [1.82, 2.24) is 5.43 Å². The van der Waals surface area contributed by atoms with E-state index in [0.29, 0.717) is 10.7 Å². The predicted molar refractivity (Wildman–Crippen MR) is 120 cm³/mol. The first kappa shape index (κ1) is 22.1. The highest BCUT2D eigenvalue weighted by Crippen LogP contribution is 2.26. The van der Waals surface area contributed by atoms with Gasteiger partial charge < -0.3 is 11.1 Å². The molecule has 0 radical (unpaired) electrons. The zero-order chi connectivity index (χ0) is 22.4. The number of nitrogens with zero attached hydrogens (tertiary/aromatic N) is 4. The number of halogens is 2. The number of hydrogen-bond donors (Lipinski definition) is 3. The topological polar surface area (TPSA) is 136 Å². The van der Waals surface area contributed by atoms with Crippen LogP contribution in [0, 0.1) is 17.2 Å². The molecule has 31 heavy (non-hydrogen) atoms. The molecule has 0 saturated heterocycles. The number of anilines is 2. The van der Waals surface area contributed by atoms with Gasteiger partial charge in [0.25, 0.3) is 11.8 Å². The molecule has 1 unspecified atom stereocenters. The van der Waals surface area contributed by atoms with Crippen molar-refractivity contribution in [3.63, 3.8) is 0 Å². The summed E-state index contributed by atoms with van der Waals surface area (Å²) in [4.78, 5) is 24.7. The summed E-state index contributed by atoms with van der Waals surface area (Å²) in [6.07, 6.45) is -0.407. The smallest absolute Gasteiger partial charge is 0.272 e. The van der Waals surface area contributed by atoms with Crippen LogP contribution in [-0.2, 0) is 9.59 Å². The molecule has 0 fully saturated rings. The average molecular weight is 458 g/mol. The number of para-hydroxylation sites is 1. The number of amidine groups is 1. The van der Waals surface area contributed by atoms with E-state index in [2.05, 4.69) is 20.9 Å². The molecule has 2 aromatic carbocycles. The second-order valence-electron chi connectivity index (χ2n) is 6.45. The minimum absolute atomic E-state index is 0.0722. The highest BCUT2D eigenvalue weighted by Gasteiger charge is 2.34. The minimum atomic E-state index is -0.703. The molecule has 2 aromatic rings. The molecule has 1 aliphatic rings. The summed E-state index contributed by atoms with van der Waals surface area (Å²) in [5.41, 5.74) is 9.39. The molecule has 2 amide bonds. The fraction of sp³-hybridized carbons (Fsp3) is 0.150. The summed E-state index contributed by atoms with van der Waals surface area (Å²) in [6, 6.07) is 15.6. The maximum absolute atomic E-state index is 13.0. The van der Waals surface area contributed by atoms with Gasteiger partial charge in [-0.25, -0.2) is 5.43 Å². The molecular formula is C20H17Cl2N7O2. The second kappa shape index (κ2) is 9.93. The molecular weight excluding hydrogens is 441 g/mol. The Labute approximate surface area is 188 Å². The van der Waals surface area contributed by atoms with Crippen LogP contribution in [0.15, 0.2) is 58.7 Å². The Hall–Kier alpha value is -3.61. The number of hydrogen-bond acceptors (Lipinski definition) is 7. The van der Waals surface area contributed by atoms with Crippen LogP contribution in [0.25, 0.3) is 0 Å². The minimum Gasteiger partial charge on any atom is -0.385 e. The third kappa shape index (κ3) is 5.51. The van der Waals surface area contributed by atoms with Gasteiger partial charge in [0.1, 0.15) is 18.0 Å². The molecule has 1 heterocycles. The predicted octanol–water partition coefficient (Wildman–Crippen LogP) is 2.73. The molecule has 0 saturated carbocycles. The number of nitrogens with one attached hydrogen (secondary N) is 2. The van der Waals surface area contributed by atoms with Gasteiger partial charge in [0.15, 0.2) is 0 Å². The van der Waals surface area contributed by atoms with Crippen LogP contribution in [-0.4, -0.2) is 29.9 Å². The number of nitriles is 1. The number of carbonyl (C=O) groups excluding carboxylic acids is 2. The number of rotatable bonds is 6. The fourth-order valence-electron chi connectivity index (χ4n) is 2.80. The lowest BCUT2D eigenvalue weighted by molar-refractivity contribution is -0.120. The van der Waals surface area contributed by atoms with E-state index in [-0.39, 0.29) is 23.1 Å². The SMILES string of the molecule is N#CCC(=O)N/N=C(\C(=O)Nc1ccc(Cl)c(Cl)c1)C1CN(c2ccccc2)N=C1N. The summed E-state index contributed by atoms with van der Waals surface area (Å²) < 4.78 is 0. The van der Waals surface area contributed by atoms with E-state index in [1.165, 1.54) is 12.1 Å². The molecule has 11 heteroatoms. The molecule has 158 valence electrons. The van der Waals surface area contributed by atoms with Crippen molar-refractivity contribution in [1.29, 1.82) is 5.26 Å². The standard InChI is InChI=1S/C20H17Cl2N7O2/c21-15-7-6-12(10-16(15)22)25-20(31)18(27-26-17(30)8-9-23)14-11-29(28-19(14)24)13-4-2-1-3-5-13/h1-7,10,14H,8,11H2,(H2,24,28)(H,25,31)(H,26,30)/b27-18-. The zero-order valence-electron chi connectivity index (χ0n) is 16.0. The Kier molecular flexibility index (Phi) is 7.07. The normalized spacial score (nSPS) is 15.8. The third-order valence-electron chi connectivity index (χ3n) is 4.28. The Morgan fingerprint density at radius 1 is 1.23 bits per heavy atom. The zero-order valence-corrected chi connectivity index (χ0v) is 17.6. The van der Waals surface area contributed by atoms with Gasteiger partial charge in [0, 0.05) is 5.69 Å². The number of benzene rings is 2. The summed E-state index contributed by atoms with van der Waals surface area (Å²) in [6.45, 7) is 0.234. The van der Waals surface area contributed by atoms with Gasteiger partial charge in [0.2, 0.25) is 0 Å². The van der Waals surface area contributed by atoms with Crippen molar-refractivity contribution in [3.8, 4) is 6.07 Å². The average Bonchev–Trinajstić information content (AvgIpc) is 3.13. The molecule has 0 bridgehead atoms. The summed E-state index contributed by atoms with van der Waals surface area (Å²) in [5, 5.41) is 21.8. The van der Waals surface area contributed by atoms with E-state index < -0.39 is 24.2 Å². The molecule has 1 atom stereocenters. The lowest BCUT2D eigenvalue weighted by Gasteiger charge is -2.17. The lowest BCUT2D eigenvalue weighted by atomic mass is 10.0. The summed E-state index contributed by atoms with van der Waals surface area (Å²) >= 11 is 11.9. The van der Waals surface area contributed by atoms with Crippen molar-refractivity contribution in [2.24, 2.45) is 21.9 Å². The second-order valence-corrected chi connectivity index (χ2v) is 7.26. The van der Waals surface area contributed by atoms with Gasteiger partial charge in [-0.05, 0) is 30.3 Å². The van der Waals surface area contributed by atoms with Crippen molar-refractivity contribution in [3.05, 3.63) is 58.6 Å². The molecule has 4 N–H and O–H groups in total. The molecule has 3 rings (SSSR count). The number of hydrazone groups is 2. The quantitative estimate of drug-likeness (QED) is 0.452. The Morgan fingerprint density at radius 3 is 2.65 bits per heavy atom. The van der Waals surface area contributed by atoms with Crippen molar-refractivity contribution < 1.29 is 9.59 Å². The van der Waals surface area contributed by atoms with Crippen LogP contribution in [0.4, 0.5) is 11.4 Å². The van der Waals surface area contributed by atoms with E-state index >= 15 is 0 Å². The van der Waals surface area contributed by atoms with E-state index in [4.69, 9.17) is 34.2 Å². The van der Waals surface area contributed by atoms with Crippen LogP contribution >= 0.6 is 23.2 Å². The van der Waals surface area contributed by atoms with Gasteiger partial charge in [0.05, 0.1) is 34.3 Å². The highest BCUT2D eigenvalue weighted by molar-refractivity contribution is 6.47. The monoisotopic (exact) mass is 457 g/mol. The number of nitrogens with two attached hydrogens (primary N) is 1. The third-order valence-corrected chi connectivity index (χ3v) is 5.02. The molecule has 0 aromatic heterocycles. The largest absolute Gasteiger partial charge is 0.385 e. The number of carbonyl (C=O) groups is 2. The molecule has 9 nitrogen and oxygen atoms in total. The van der Waals surface area contributed by atoms with Crippen molar-refractivity contribution >= 4 is 57.9 Å². The Bertz CT molecular complexity index is 1100. The fourth-order valence-corrected chi connectivity index (χ4v) is 3.09. The van der Waals surface area contributed by atoms with Crippen LogP contribution < -0.4 is 21.5 Å². The highest BCUT2D eigenvalue weighted by atomic mass is 35.5. The lowest BCUT2D eigenvalue weighted by Crippen LogP contribution is -2.40. The van der Waals surface area contributed by atoms with Crippen molar-refractivity contribution in [2.75, 3.05) is 16.9 Å². The summed E-state index contributed by atoms with van der Waals surface area (Å²) in [5.74, 6) is -1.82. The van der Waals surface area contributed by atoms with E-state index in [1.807, 2.05) is 30.3 Å². The van der Waals surface area contributed by atoms with E-state index in [0.717, 1.165) is 5.69 Å². The Balaban J connectivity index is 1.85. The van der Waals surface area contributed by atoms with Gasteiger partial charge in [-0.2, -0.15) is 15.5 Å². The van der Waals surface area contributed by atoms with Gasteiger partial charge in [-0.1, -0.05) is 41.4 Å². The Morgan fingerprint density at radius 2 is 1.97 bits per heavy atom. The number of amides is 2. The molecule has 1 aliphatic heterocycles. The van der Waals surface area contributed by atoms with Gasteiger partial charge >= 0.3 is 0 Å². The maximum atomic E-state index is 13.0. The van der Waals surface area contributed by atoms with E-state index in [9.17, 15) is 9.59 Å². The van der Waals surface area contributed by atoms with Crippen molar-refractivity contribution in [2.45, 2.75) is 6.42 Å². The van der Waals surface area contributed by atoms with Gasteiger partial charge in [-0.3, -0.25) is 14.6 Å². The maximum Gasteiger partial charge on any atom is 0.272 e. The first-order valence-corrected chi connectivity index (χ1v) is 9.81. The first-order valence-electron chi connectivity index (χ1n) is 9.05. The molecule has 0 spiro atoms. The van der Waals surface area contributed by atoms with Gasteiger partial charge in [-0.15, -0.1) is 0 Å². The first-order chi connectivity index (χ1) is 14.9. The van der Waals surface area contributed by atoms with Crippen LogP contribution in [0.3, 0.4) is 0 Å². The summed E-state index contributed by atoms with van der Waals surface area (Å²) in [7, 11) is 0.